The summed E-state index contributed by atoms with van der Waals surface area (Å²) in [6, 6.07) is 5.27. The number of benzene rings is 1. The Hall–Kier alpha value is -3.40. The van der Waals surface area contributed by atoms with Gasteiger partial charge in [-0.15, -0.1) is 0 Å². The molecule has 1 aliphatic carbocycles. The maximum atomic E-state index is 13.3. The van der Waals surface area contributed by atoms with Crippen LogP contribution in [-0.4, -0.2) is 80.1 Å². The molecule has 2 aromatic rings. The van der Waals surface area contributed by atoms with Gasteiger partial charge in [0.25, 0.3) is 5.91 Å². The summed E-state index contributed by atoms with van der Waals surface area (Å²) in [5, 5.41) is 6.47. The van der Waals surface area contributed by atoms with Crippen LogP contribution in [0, 0.1) is 11.3 Å². The first kappa shape index (κ1) is 30.6. The normalized spacial score (nSPS) is 21.1. The van der Waals surface area contributed by atoms with Crippen molar-refractivity contribution in [2.24, 2.45) is 11.3 Å². The Labute approximate surface area is 244 Å². The van der Waals surface area contributed by atoms with Gasteiger partial charge in [0.2, 0.25) is 11.9 Å². The summed E-state index contributed by atoms with van der Waals surface area (Å²) in [7, 11) is 7.48. The van der Waals surface area contributed by atoms with Crippen molar-refractivity contribution < 1.29 is 14.3 Å². The topological polar surface area (TPSA) is 103 Å². The molecule has 2 heterocycles. The second-order valence-electron chi connectivity index (χ2n) is 12.7. The molecule has 2 aliphatic rings. The molecule has 4 rings (SSSR count). The third kappa shape index (κ3) is 7.09. The first-order chi connectivity index (χ1) is 19.4. The Kier molecular flexibility index (Phi) is 9.41. The molecule has 1 aliphatic heterocycles. The lowest BCUT2D eigenvalue weighted by Crippen LogP contribution is -2.55. The van der Waals surface area contributed by atoms with Crippen molar-refractivity contribution in [2.75, 3.05) is 56.5 Å². The van der Waals surface area contributed by atoms with Crippen molar-refractivity contribution >= 4 is 35.0 Å². The lowest BCUT2D eigenvalue weighted by atomic mass is 9.87. The minimum atomic E-state index is -0.309. The number of nitrogens with one attached hydrogen (secondary N) is 2. The van der Waals surface area contributed by atoms with Gasteiger partial charge in [0.15, 0.2) is 5.82 Å². The van der Waals surface area contributed by atoms with Gasteiger partial charge in [-0.2, -0.15) is 4.98 Å². The Bertz CT molecular complexity index is 1240. The molecule has 0 unspecified atom stereocenters. The Balaban J connectivity index is 1.58. The van der Waals surface area contributed by atoms with Crippen LogP contribution in [-0.2, 0) is 4.79 Å². The number of carbonyl (C=O) groups is 2. The predicted molar refractivity (Wildman–Crippen MR) is 164 cm³/mol. The molecular formula is C31H47N7O3. The minimum Gasteiger partial charge on any atom is -0.495 e. The zero-order chi connectivity index (χ0) is 29.9. The van der Waals surface area contributed by atoms with Gasteiger partial charge in [0, 0.05) is 31.7 Å². The second-order valence-corrected chi connectivity index (χ2v) is 12.7. The first-order valence-corrected chi connectivity index (χ1v) is 14.7. The van der Waals surface area contributed by atoms with Crippen molar-refractivity contribution in [1.29, 1.82) is 0 Å². The largest absolute Gasteiger partial charge is 0.495 e. The summed E-state index contributed by atoms with van der Waals surface area (Å²) in [5.74, 6) is 2.32. The number of carbonyl (C=O) groups excluding carboxylic acids is 2. The highest BCUT2D eigenvalue weighted by Gasteiger charge is 2.39. The average Bonchev–Trinajstić information content (AvgIpc) is 2.92. The number of nitrogens with zero attached hydrogens (tertiary/aromatic N) is 5. The van der Waals surface area contributed by atoms with Crippen molar-refractivity contribution in [3.05, 3.63) is 30.0 Å². The lowest BCUT2D eigenvalue weighted by Gasteiger charge is -2.44. The van der Waals surface area contributed by atoms with Crippen LogP contribution in [0.3, 0.4) is 0 Å². The number of aromatic nitrogens is 2. The number of rotatable bonds is 10. The zero-order valence-electron chi connectivity index (χ0n) is 26.0. The molecule has 10 heteroatoms. The maximum Gasteiger partial charge on any atom is 0.251 e. The average molecular weight is 566 g/mol. The second kappa shape index (κ2) is 12.6. The van der Waals surface area contributed by atoms with E-state index < -0.39 is 0 Å². The third-order valence-electron chi connectivity index (χ3n) is 8.17. The summed E-state index contributed by atoms with van der Waals surface area (Å²) in [5.41, 5.74) is 1.81. The number of likely N-dealkylation sites (N-methyl/N-ethyl adjacent to an activating group) is 1. The molecule has 41 heavy (non-hydrogen) atoms. The molecule has 2 amide bonds. The molecule has 10 nitrogen and oxygen atoms in total. The van der Waals surface area contributed by atoms with Crippen molar-refractivity contribution in [3.63, 3.8) is 0 Å². The highest BCUT2D eigenvalue weighted by atomic mass is 16.5. The minimum absolute atomic E-state index is 0.0447. The number of fused-ring (bicyclic) bond motifs is 1. The van der Waals surface area contributed by atoms with Gasteiger partial charge < -0.3 is 30.1 Å². The molecule has 1 saturated carbocycles. The van der Waals surface area contributed by atoms with Crippen LogP contribution in [0.15, 0.2) is 24.4 Å². The molecule has 224 valence electrons. The van der Waals surface area contributed by atoms with E-state index >= 15 is 0 Å². The standard InChI is InChI=1S/C31H47N7O3/c1-9-24-29(40)37(7)25-17-32-30(35-27(25)38(24)19-31(3,4)18-36(5)6)34-23-15-12-21(16-26(23)41-8)28(39)33-22-13-10-20(2)11-14-22/h12,15-17,20,22,24H,9-11,13-14,18-19H2,1-8H3,(H,33,39)(H,32,34,35)/t20?,22?,24-/m1/s1. The van der Waals surface area contributed by atoms with Crippen molar-refractivity contribution in [1.82, 2.24) is 20.2 Å². The van der Waals surface area contributed by atoms with Crippen LogP contribution in [0.25, 0.3) is 0 Å². The zero-order valence-corrected chi connectivity index (χ0v) is 26.0. The van der Waals surface area contributed by atoms with Crippen LogP contribution >= 0.6 is 0 Å². The fourth-order valence-electron chi connectivity index (χ4n) is 6.17. The maximum absolute atomic E-state index is 13.3. The van der Waals surface area contributed by atoms with Gasteiger partial charge in [-0.3, -0.25) is 9.59 Å². The number of hydrogen-bond donors (Lipinski definition) is 2. The molecular weight excluding hydrogens is 518 g/mol. The van der Waals surface area contributed by atoms with E-state index in [2.05, 4.69) is 60.3 Å². The molecule has 0 spiro atoms. The third-order valence-corrected chi connectivity index (χ3v) is 8.17. The molecule has 0 radical (unpaired) electrons. The van der Waals surface area contributed by atoms with Crippen LogP contribution in [0.1, 0.15) is 70.2 Å². The van der Waals surface area contributed by atoms with Crippen LogP contribution in [0.2, 0.25) is 0 Å². The number of methoxy groups -OCH3 is 1. The van der Waals surface area contributed by atoms with Crippen LogP contribution in [0.5, 0.6) is 5.75 Å². The van der Waals surface area contributed by atoms with Gasteiger partial charge in [-0.25, -0.2) is 4.98 Å². The molecule has 0 saturated heterocycles. The summed E-state index contributed by atoms with van der Waals surface area (Å²) >= 11 is 0. The van der Waals surface area contributed by atoms with E-state index in [-0.39, 0.29) is 29.3 Å². The number of amides is 2. The Morgan fingerprint density at radius 3 is 2.54 bits per heavy atom. The predicted octanol–water partition coefficient (Wildman–Crippen LogP) is 4.69. The summed E-state index contributed by atoms with van der Waals surface area (Å²) in [6.45, 7) is 10.3. The molecule has 1 aromatic carbocycles. The number of hydrogen-bond acceptors (Lipinski definition) is 8. The monoisotopic (exact) mass is 565 g/mol. The number of anilines is 4. The van der Waals surface area contributed by atoms with E-state index in [1.807, 2.05) is 13.0 Å². The molecule has 1 atom stereocenters. The van der Waals surface area contributed by atoms with Gasteiger partial charge in [0.1, 0.15) is 17.5 Å². The first-order valence-electron chi connectivity index (χ1n) is 14.7. The van der Waals surface area contributed by atoms with Gasteiger partial charge >= 0.3 is 0 Å². The van der Waals surface area contributed by atoms with E-state index in [1.54, 1.807) is 37.4 Å². The molecule has 1 fully saturated rings. The highest BCUT2D eigenvalue weighted by Crippen LogP contribution is 2.38. The number of ether oxygens (including phenoxy) is 1. The van der Waals surface area contributed by atoms with Gasteiger partial charge in [0.05, 0.1) is 19.0 Å². The van der Waals surface area contributed by atoms with E-state index in [0.717, 1.165) is 44.0 Å². The van der Waals surface area contributed by atoms with Crippen LogP contribution < -0.4 is 25.2 Å². The van der Waals surface area contributed by atoms with Gasteiger partial charge in [-0.1, -0.05) is 27.7 Å². The molecule has 0 bridgehead atoms. The molecule has 2 N–H and O–H groups in total. The summed E-state index contributed by atoms with van der Waals surface area (Å²) in [6.07, 6.45) is 6.69. The Morgan fingerprint density at radius 1 is 1.20 bits per heavy atom. The van der Waals surface area contributed by atoms with Crippen LogP contribution in [0.4, 0.5) is 23.1 Å². The summed E-state index contributed by atoms with van der Waals surface area (Å²) < 4.78 is 5.65. The van der Waals surface area contributed by atoms with Crippen molar-refractivity contribution in [3.8, 4) is 5.75 Å². The fraction of sp³-hybridized carbons (Fsp3) is 0.613. The molecule has 1 aromatic heterocycles. The smallest absolute Gasteiger partial charge is 0.251 e. The SMILES string of the molecule is CC[C@@H]1C(=O)N(C)c2cnc(Nc3ccc(C(=O)NC4CCC(C)CC4)cc3OC)nc2N1CC(C)(C)CN(C)C. The van der Waals surface area contributed by atoms with E-state index in [0.29, 0.717) is 41.6 Å². The lowest BCUT2D eigenvalue weighted by molar-refractivity contribution is -0.120. The van der Waals surface area contributed by atoms with E-state index in [4.69, 9.17) is 9.72 Å². The van der Waals surface area contributed by atoms with Gasteiger partial charge in [-0.05, 0) is 75.7 Å². The quantitative estimate of drug-likeness (QED) is 0.428. The van der Waals surface area contributed by atoms with E-state index in [9.17, 15) is 9.59 Å². The Morgan fingerprint density at radius 2 is 1.90 bits per heavy atom. The van der Waals surface area contributed by atoms with Crippen molar-refractivity contribution in [2.45, 2.75) is 71.9 Å². The summed E-state index contributed by atoms with van der Waals surface area (Å²) in [4.78, 5) is 41.6. The fourth-order valence-corrected chi connectivity index (χ4v) is 6.17. The van der Waals surface area contributed by atoms with E-state index in [1.165, 1.54) is 0 Å². The highest BCUT2D eigenvalue weighted by molar-refractivity contribution is 6.04.